The number of carbonyl (C=O) groups is 1. The highest BCUT2D eigenvalue weighted by atomic mass is 79.9. The van der Waals surface area contributed by atoms with Crippen LogP contribution in [0.15, 0.2) is 57.9 Å². The molecule has 25 heavy (non-hydrogen) atoms. The van der Waals surface area contributed by atoms with Crippen LogP contribution >= 0.6 is 15.9 Å². The zero-order valence-corrected chi connectivity index (χ0v) is 16.4. The molecule has 0 aliphatic rings. The number of benzene rings is 2. The highest BCUT2D eigenvalue weighted by Gasteiger charge is 2.18. The SMILES string of the molecule is CCCc1cc2cc(S(C)(=O)=O)ccc2n1C(=O)c1ccc(Br)cc1. The average Bonchev–Trinajstić information content (AvgIpc) is 2.91. The van der Waals surface area contributed by atoms with Crippen LogP contribution in [0.4, 0.5) is 0 Å². The first-order valence-electron chi connectivity index (χ1n) is 7.96. The normalized spacial score (nSPS) is 11.8. The van der Waals surface area contributed by atoms with E-state index < -0.39 is 9.84 Å². The first-order chi connectivity index (χ1) is 11.8. The second-order valence-corrected chi connectivity index (χ2v) is 8.96. The molecule has 3 aromatic rings. The molecule has 130 valence electrons. The third-order valence-electron chi connectivity index (χ3n) is 4.08. The van der Waals surface area contributed by atoms with Crippen molar-refractivity contribution in [1.29, 1.82) is 0 Å². The minimum Gasteiger partial charge on any atom is -0.280 e. The number of fused-ring (bicyclic) bond motifs is 1. The van der Waals surface area contributed by atoms with E-state index in [1.54, 1.807) is 34.9 Å². The molecule has 0 bridgehead atoms. The van der Waals surface area contributed by atoms with E-state index in [2.05, 4.69) is 15.9 Å². The molecule has 0 radical (unpaired) electrons. The Hall–Kier alpha value is -1.92. The number of carbonyl (C=O) groups excluding carboxylic acids is 1. The molecule has 1 aromatic heterocycles. The summed E-state index contributed by atoms with van der Waals surface area (Å²) in [6.45, 7) is 2.05. The Morgan fingerprint density at radius 2 is 1.76 bits per heavy atom. The van der Waals surface area contributed by atoms with Crippen LogP contribution in [-0.4, -0.2) is 25.1 Å². The first-order valence-corrected chi connectivity index (χ1v) is 10.6. The van der Waals surface area contributed by atoms with Crippen molar-refractivity contribution >= 4 is 42.6 Å². The summed E-state index contributed by atoms with van der Waals surface area (Å²) >= 11 is 3.37. The van der Waals surface area contributed by atoms with E-state index in [4.69, 9.17) is 0 Å². The van der Waals surface area contributed by atoms with E-state index in [0.29, 0.717) is 5.56 Å². The summed E-state index contributed by atoms with van der Waals surface area (Å²) in [4.78, 5) is 13.3. The summed E-state index contributed by atoms with van der Waals surface area (Å²) in [5.41, 5.74) is 2.20. The monoisotopic (exact) mass is 419 g/mol. The lowest BCUT2D eigenvalue weighted by atomic mass is 10.2. The topological polar surface area (TPSA) is 56.1 Å². The van der Waals surface area contributed by atoms with E-state index in [1.807, 2.05) is 25.1 Å². The van der Waals surface area contributed by atoms with Gasteiger partial charge in [0.25, 0.3) is 5.91 Å². The lowest BCUT2D eigenvalue weighted by molar-refractivity contribution is 0.0962. The minimum atomic E-state index is -3.29. The third-order valence-corrected chi connectivity index (χ3v) is 5.72. The van der Waals surface area contributed by atoms with Gasteiger partial charge in [0.1, 0.15) is 0 Å². The number of halogens is 1. The highest BCUT2D eigenvalue weighted by Crippen LogP contribution is 2.26. The molecule has 0 amide bonds. The Morgan fingerprint density at radius 3 is 2.36 bits per heavy atom. The zero-order valence-electron chi connectivity index (χ0n) is 14.0. The summed E-state index contributed by atoms with van der Waals surface area (Å²) < 4.78 is 26.2. The smallest absolute Gasteiger partial charge is 0.262 e. The molecule has 0 saturated carbocycles. The van der Waals surface area contributed by atoms with Crippen molar-refractivity contribution < 1.29 is 13.2 Å². The van der Waals surface area contributed by atoms with Crippen molar-refractivity contribution in [3.05, 3.63) is 64.3 Å². The Kier molecular flexibility index (Phi) is 4.84. The summed E-state index contributed by atoms with van der Waals surface area (Å²) in [7, 11) is -3.29. The molecule has 0 saturated heterocycles. The maximum Gasteiger partial charge on any atom is 0.262 e. The predicted molar refractivity (Wildman–Crippen MR) is 103 cm³/mol. The van der Waals surface area contributed by atoms with E-state index in [-0.39, 0.29) is 10.8 Å². The predicted octanol–water partition coefficient (Wildman–Crippen LogP) is 4.45. The van der Waals surface area contributed by atoms with Crippen molar-refractivity contribution in [3.63, 3.8) is 0 Å². The van der Waals surface area contributed by atoms with Crippen molar-refractivity contribution in [2.75, 3.05) is 6.26 Å². The molecule has 0 aliphatic carbocycles. The number of hydrogen-bond donors (Lipinski definition) is 0. The summed E-state index contributed by atoms with van der Waals surface area (Å²) in [6.07, 6.45) is 2.82. The fourth-order valence-corrected chi connectivity index (χ4v) is 3.80. The fourth-order valence-electron chi connectivity index (χ4n) is 2.88. The molecule has 2 aromatic carbocycles. The second-order valence-electron chi connectivity index (χ2n) is 6.03. The third kappa shape index (κ3) is 3.55. The molecule has 0 atom stereocenters. The van der Waals surface area contributed by atoms with Gasteiger partial charge in [-0.3, -0.25) is 9.36 Å². The van der Waals surface area contributed by atoms with Crippen LogP contribution in [0, 0.1) is 0 Å². The standard InChI is InChI=1S/C19H18BrNO3S/c1-3-4-16-11-14-12-17(25(2,23)24)9-10-18(14)21(16)19(22)13-5-7-15(20)8-6-13/h5-12H,3-4H2,1-2H3. The Balaban J connectivity index is 2.19. The number of aromatic nitrogens is 1. The Morgan fingerprint density at radius 1 is 1.08 bits per heavy atom. The van der Waals surface area contributed by atoms with Crippen LogP contribution < -0.4 is 0 Å². The summed E-state index contributed by atoms with van der Waals surface area (Å²) in [5, 5.41) is 0.761. The number of sulfone groups is 1. The molecule has 0 fully saturated rings. The molecule has 0 N–H and O–H groups in total. The van der Waals surface area contributed by atoms with Gasteiger partial charge >= 0.3 is 0 Å². The van der Waals surface area contributed by atoms with Crippen LogP contribution in [0.3, 0.4) is 0 Å². The van der Waals surface area contributed by atoms with Gasteiger partial charge in [-0.2, -0.15) is 0 Å². The number of hydrogen-bond acceptors (Lipinski definition) is 3. The van der Waals surface area contributed by atoms with Gasteiger partial charge in [-0.1, -0.05) is 29.3 Å². The maximum absolute atomic E-state index is 13.0. The van der Waals surface area contributed by atoms with E-state index >= 15 is 0 Å². The van der Waals surface area contributed by atoms with Crippen LogP contribution in [0.2, 0.25) is 0 Å². The van der Waals surface area contributed by atoms with Crippen LogP contribution in [0.1, 0.15) is 29.4 Å². The van der Waals surface area contributed by atoms with Gasteiger partial charge in [-0.15, -0.1) is 0 Å². The lowest BCUT2D eigenvalue weighted by Gasteiger charge is -2.09. The van der Waals surface area contributed by atoms with Crippen molar-refractivity contribution in [3.8, 4) is 0 Å². The Bertz CT molecular complexity index is 1050. The summed E-state index contributed by atoms with van der Waals surface area (Å²) in [6, 6.07) is 14.0. The van der Waals surface area contributed by atoms with E-state index in [0.717, 1.165) is 33.9 Å². The molecule has 0 unspecified atom stereocenters. The van der Waals surface area contributed by atoms with Gasteiger partial charge in [-0.25, -0.2) is 8.42 Å². The first kappa shape index (κ1) is 17.9. The van der Waals surface area contributed by atoms with Crippen LogP contribution in [0.25, 0.3) is 10.9 Å². The average molecular weight is 420 g/mol. The van der Waals surface area contributed by atoms with E-state index in [1.165, 1.54) is 6.26 Å². The van der Waals surface area contributed by atoms with Crippen molar-refractivity contribution in [2.24, 2.45) is 0 Å². The minimum absolute atomic E-state index is 0.113. The largest absolute Gasteiger partial charge is 0.280 e. The molecule has 6 heteroatoms. The lowest BCUT2D eigenvalue weighted by Crippen LogP contribution is -2.14. The molecule has 4 nitrogen and oxygen atoms in total. The fraction of sp³-hybridized carbons (Fsp3) is 0.211. The molecule has 3 rings (SSSR count). The van der Waals surface area contributed by atoms with Crippen LogP contribution in [0.5, 0.6) is 0 Å². The van der Waals surface area contributed by atoms with E-state index in [9.17, 15) is 13.2 Å². The van der Waals surface area contributed by atoms with Crippen molar-refractivity contribution in [2.45, 2.75) is 24.7 Å². The number of aryl methyl sites for hydroxylation is 1. The Labute approximate surface area is 155 Å². The van der Waals surface area contributed by atoms with Gasteiger partial charge in [0.05, 0.1) is 10.4 Å². The van der Waals surface area contributed by atoms with Gasteiger partial charge in [0.2, 0.25) is 0 Å². The van der Waals surface area contributed by atoms with Gasteiger partial charge in [0, 0.05) is 27.4 Å². The van der Waals surface area contributed by atoms with Crippen LogP contribution in [-0.2, 0) is 16.3 Å². The molecule has 0 spiro atoms. The second kappa shape index (κ2) is 6.77. The van der Waals surface area contributed by atoms with Crippen molar-refractivity contribution in [1.82, 2.24) is 4.57 Å². The van der Waals surface area contributed by atoms with Gasteiger partial charge < -0.3 is 0 Å². The molecule has 1 heterocycles. The molecule has 0 aliphatic heterocycles. The zero-order chi connectivity index (χ0) is 18.2. The summed E-state index contributed by atoms with van der Waals surface area (Å²) in [5.74, 6) is -0.113. The molecular formula is C19H18BrNO3S. The highest BCUT2D eigenvalue weighted by molar-refractivity contribution is 9.10. The number of nitrogens with zero attached hydrogens (tertiary/aromatic N) is 1. The molecular weight excluding hydrogens is 402 g/mol. The maximum atomic E-state index is 13.0. The number of rotatable bonds is 4. The van der Waals surface area contributed by atoms with Gasteiger partial charge in [0.15, 0.2) is 9.84 Å². The van der Waals surface area contributed by atoms with Gasteiger partial charge in [-0.05, 0) is 55.0 Å². The quantitative estimate of drug-likeness (QED) is 0.627.